The van der Waals surface area contributed by atoms with Gasteiger partial charge in [-0.15, -0.1) is 23.5 Å². The molecule has 0 radical (unpaired) electrons. The predicted molar refractivity (Wildman–Crippen MR) is 234 cm³/mol. The largest absolute Gasteiger partial charge is 0.478 e. The molecule has 3 N–H and O–H groups in total. The normalized spacial score (nSPS) is 11.4. The van der Waals surface area contributed by atoms with Gasteiger partial charge in [0.05, 0.1) is 37.9 Å². The molecular weight excluding hydrogens is 745 g/mol. The van der Waals surface area contributed by atoms with Gasteiger partial charge >= 0.3 is 5.97 Å². The minimum atomic E-state index is -1.15. The Morgan fingerprint density at radius 2 is 0.684 bits per heavy atom. The molecule has 0 aromatic heterocycles. The number of carbonyl (C=O) groups is 3. The number of hydrogen-bond donors (Lipinski definition) is 3. The van der Waals surface area contributed by atoms with Crippen LogP contribution < -0.4 is 10.6 Å². The maximum atomic E-state index is 14.0. The van der Waals surface area contributed by atoms with E-state index in [1.807, 2.05) is 109 Å². The lowest BCUT2D eigenvalue weighted by atomic mass is 9.84. The van der Waals surface area contributed by atoms with Gasteiger partial charge in [-0.05, 0) is 51.6 Å². The zero-order valence-corrected chi connectivity index (χ0v) is 32.6. The van der Waals surface area contributed by atoms with Crippen molar-refractivity contribution in [3.05, 3.63) is 239 Å². The van der Waals surface area contributed by atoms with Crippen LogP contribution in [0.3, 0.4) is 0 Å². The highest BCUT2D eigenvalue weighted by molar-refractivity contribution is 8.01. The van der Waals surface area contributed by atoms with Crippen molar-refractivity contribution < 1.29 is 19.5 Å². The summed E-state index contributed by atoms with van der Waals surface area (Å²) in [6.45, 7) is 0. The van der Waals surface area contributed by atoms with Crippen LogP contribution in [0.4, 0.5) is 11.4 Å². The van der Waals surface area contributed by atoms with Gasteiger partial charge in [0.25, 0.3) is 0 Å². The van der Waals surface area contributed by atoms with Gasteiger partial charge in [0, 0.05) is 0 Å². The van der Waals surface area contributed by atoms with Crippen molar-refractivity contribution in [3.63, 3.8) is 0 Å². The van der Waals surface area contributed by atoms with Gasteiger partial charge in [-0.1, -0.05) is 182 Å². The van der Waals surface area contributed by atoms with Crippen molar-refractivity contribution >= 4 is 52.7 Å². The van der Waals surface area contributed by atoms with Gasteiger partial charge < -0.3 is 15.7 Å². The first-order chi connectivity index (χ1) is 27.9. The SMILES string of the molecule is O=C(CSC(c1ccccc1)(c1ccccc1)c1ccccc1)Nc1ccc(C(=O)O)cc1NC(=O)CSC(c1ccccc1)(c1ccccc1)c1ccccc1. The highest BCUT2D eigenvalue weighted by Crippen LogP contribution is 2.50. The van der Waals surface area contributed by atoms with E-state index in [0.717, 1.165) is 33.4 Å². The second-order valence-electron chi connectivity index (χ2n) is 13.3. The maximum absolute atomic E-state index is 14.0. The fraction of sp³-hybridized carbons (Fsp3) is 0.0816. The minimum Gasteiger partial charge on any atom is -0.478 e. The molecule has 7 rings (SSSR count). The van der Waals surface area contributed by atoms with E-state index in [2.05, 4.69) is 83.4 Å². The first kappa shape index (κ1) is 38.9. The maximum Gasteiger partial charge on any atom is 0.335 e. The summed E-state index contributed by atoms with van der Waals surface area (Å²) < 4.78 is -1.45. The standard InChI is InChI=1S/C49H40N2O4S2/c52-45(34-56-48(37-19-7-1-8-20-37,38-21-9-2-10-22-38)39-23-11-3-12-24-39)50-43-32-31-36(47(54)55)33-44(43)51-46(53)35-57-49(40-25-13-4-14-26-40,41-27-15-5-16-28-41)42-29-17-6-18-30-42/h1-33H,34-35H2,(H,50,52)(H,51,53)(H,54,55). The molecule has 7 aromatic carbocycles. The number of nitrogens with one attached hydrogen (secondary N) is 2. The molecule has 0 spiro atoms. The molecule has 0 fully saturated rings. The number of hydrogen-bond acceptors (Lipinski definition) is 5. The summed E-state index contributed by atoms with van der Waals surface area (Å²) in [5, 5.41) is 15.8. The van der Waals surface area contributed by atoms with E-state index < -0.39 is 15.5 Å². The van der Waals surface area contributed by atoms with E-state index in [9.17, 15) is 19.5 Å². The summed E-state index contributed by atoms with van der Waals surface area (Å²) in [6, 6.07) is 64.9. The molecule has 282 valence electrons. The summed E-state index contributed by atoms with van der Waals surface area (Å²) >= 11 is 2.96. The lowest BCUT2D eigenvalue weighted by Gasteiger charge is -2.35. The molecule has 0 bridgehead atoms. The van der Waals surface area contributed by atoms with E-state index >= 15 is 0 Å². The van der Waals surface area contributed by atoms with Crippen LogP contribution in [-0.2, 0) is 19.1 Å². The monoisotopic (exact) mass is 784 g/mol. The molecule has 6 nitrogen and oxygen atoms in total. The number of aromatic carboxylic acids is 1. The number of thioether (sulfide) groups is 2. The molecule has 0 aliphatic carbocycles. The molecule has 0 atom stereocenters. The zero-order valence-electron chi connectivity index (χ0n) is 31.0. The minimum absolute atomic E-state index is 0.0196. The van der Waals surface area contributed by atoms with Crippen molar-refractivity contribution in [1.29, 1.82) is 0 Å². The first-order valence-electron chi connectivity index (χ1n) is 18.5. The molecule has 0 aliphatic rings. The van der Waals surface area contributed by atoms with E-state index in [1.54, 1.807) is 0 Å². The van der Waals surface area contributed by atoms with E-state index in [-0.39, 0.29) is 34.6 Å². The molecule has 0 unspecified atom stereocenters. The van der Waals surface area contributed by atoms with Crippen LogP contribution in [0, 0.1) is 0 Å². The Bertz CT molecular complexity index is 2220. The summed E-state index contributed by atoms with van der Waals surface area (Å²) in [4.78, 5) is 40.1. The predicted octanol–water partition coefficient (Wildman–Crippen LogP) is 10.7. The van der Waals surface area contributed by atoms with Gasteiger partial charge in [0.2, 0.25) is 11.8 Å². The van der Waals surface area contributed by atoms with Crippen LogP contribution in [0.5, 0.6) is 0 Å². The highest BCUT2D eigenvalue weighted by atomic mass is 32.2. The summed E-state index contributed by atoms with van der Waals surface area (Å²) in [7, 11) is 0. The number of benzene rings is 7. The number of carboxylic acid groups (broad SMARTS) is 1. The zero-order chi connectivity index (χ0) is 39.5. The lowest BCUT2D eigenvalue weighted by molar-refractivity contribution is -0.114. The van der Waals surface area contributed by atoms with Gasteiger partial charge in [-0.2, -0.15) is 0 Å². The average Bonchev–Trinajstić information content (AvgIpc) is 3.27. The Balaban J connectivity index is 1.16. The fourth-order valence-electron chi connectivity index (χ4n) is 7.15. The summed E-state index contributed by atoms with van der Waals surface area (Å²) in [5.41, 5.74) is 6.58. The molecule has 2 amide bonds. The fourth-order valence-corrected chi connectivity index (χ4v) is 9.80. The van der Waals surface area contributed by atoms with E-state index in [1.165, 1.54) is 41.7 Å². The van der Waals surface area contributed by atoms with Crippen LogP contribution in [0.1, 0.15) is 43.7 Å². The Morgan fingerprint density at radius 1 is 0.404 bits per heavy atom. The number of amides is 2. The molecular formula is C49H40N2O4S2. The van der Waals surface area contributed by atoms with Crippen LogP contribution in [-0.4, -0.2) is 34.4 Å². The molecule has 0 aliphatic heterocycles. The highest BCUT2D eigenvalue weighted by Gasteiger charge is 2.39. The molecule has 0 heterocycles. The van der Waals surface area contributed by atoms with E-state index in [0.29, 0.717) is 5.69 Å². The van der Waals surface area contributed by atoms with Crippen molar-refractivity contribution in [1.82, 2.24) is 0 Å². The van der Waals surface area contributed by atoms with Crippen LogP contribution in [0.25, 0.3) is 0 Å². The first-order valence-corrected chi connectivity index (χ1v) is 20.5. The van der Waals surface area contributed by atoms with Gasteiger partial charge in [0.15, 0.2) is 0 Å². The average molecular weight is 785 g/mol. The van der Waals surface area contributed by atoms with Crippen LogP contribution in [0.2, 0.25) is 0 Å². The van der Waals surface area contributed by atoms with Gasteiger partial charge in [-0.3, -0.25) is 9.59 Å². The second kappa shape index (κ2) is 18.1. The molecule has 0 saturated heterocycles. The quantitative estimate of drug-likeness (QED) is 0.0896. The van der Waals surface area contributed by atoms with Gasteiger partial charge in [-0.25, -0.2) is 4.79 Å². The third kappa shape index (κ3) is 8.58. The van der Waals surface area contributed by atoms with Crippen molar-refractivity contribution in [2.45, 2.75) is 9.49 Å². The third-order valence-electron chi connectivity index (χ3n) is 9.74. The lowest BCUT2D eigenvalue weighted by Crippen LogP contribution is -2.29. The molecule has 57 heavy (non-hydrogen) atoms. The van der Waals surface area contributed by atoms with E-state index in [4.69, 9.17) is 0 Å². The van der Waals surface area contributed by atoms with Crippen molar-refractivity contribution in [2.24, 2.45) is 0 Å². The second-order valence-corrected chi connectivity index (χ2v) is 15.7. The number of carbonyl (C=O) groups excluding carboxylic acids is 2. The van der Waals surface area contributed by atoms with Gasteiger partial charge in [0.1, 0.15) is 0 Å². The van der Waals surface area contributed by atoms with Crippen molar-refractivity contribution in [2.75, 3.05) is 22.1 Å². The Hall–Kier alpha value is -6.35. The Labute approximate surface area is 341 Å². The third-order valence-corrected chi connectivity index (χ3v) is 12.8. The van der Waals surface area contributed by atoms with Crippen molar-refractivity contribution in [3.8, 4) is 0 Å². The molecule has 8 heteroatoms. The molecule has 7 aromatic rings. The molecule has 0 saturated carbocycles. The summed E-state index contributed by atoms with van der Waals surface area (Å²) in [6.07, 6.45) is 0. The Morgan fingerprint density at radius 3 is 0.965 bits per heavy atom. The number of carboxylic acids is 1. The number of rotatable bonds is 15. The number of anilines is 2. The smallest absolute Gasteiger partial charge is 0.335 e. The summed E-state index contributed by atoms with van der Waals surface area (Å²) in [5.74, 6) is -1.74. The Kier molecular flexibility index (Phi) is 12.3. The van der Waals surface area contributed by atoms with Crippen LogP contribution in [0.15, 0.2) is 200 Å². The topological polar surface area (TPSA) is 95.5 Å². The van der Waals surface area contributed by atoms with Crippen LogP contribution >= 0.6 is 23.5 Å².